The number of rotatable bonds is 4. The fraction of sp³-hybridized carbons (Fsp3) is 0.231. The summed E-state index contributed by atoms with van der Waals surface area (Å²) in [6, 6.07) is 18.7. The van der Waals surface area contributed by atoms with Crippen LogP contribution in [0.3, 0.4) is 0 Å². The van der Waals surface area contributed by atoms with Crippen molar-refractivity contribution in [2.45, 2.75) is 26.3 Å². The molecular weight excluding hydrogens is 410 g/mol. The van der Waals surface area contributed by atoms with Gasteiger partial charge in [-0.2, -0.15) is 5.10 Å². The third kappa shape index (κ3) is 3.36. The first-order valence-electron chi connectivity index (χ1n) is 11.4. The molecule has 1 fully saturated rings. The molecular formula is C26H25N7. The first-order chi connectivity index (χ1) is 16.2. The van der Waals surface area contributed by atoms with E-state index in [-0.39, 0.29) is 0 Å². The zero-order valence-corrected chi connectivity index (χ0v) is 18.6. The summed E-state index contributed by atoms with van der Waals surface area (Å²) in [6.07, 6.45) is 3.94. The van der Waals surface area contributed by atoms with Crippen molar-refractivity contribution in [3.8, 4) is 11.3 Å². The first-order valence-corrected chi connectivity index (χ1v) is 11.4. The van der Waals surface area contributed by atoms with E-state index in [1.54, 1.807) is 0 Å². The normalized spacial score (nSPS) is 13.9. The summed E-state index contributed by atoms with van der Waals surface area (Å²) in [5.74, 6) is 1.48. The topological polar surface area (TPSA) is 85.8 Å². The van der Waals surface area contributed by atoms with E-state index in [1.807, 2.05) is 22.9 Å². The molecule has 164 valence electrons. The molecule has 3 aromatic heterocycles. The number of nitrogens with two attached hydrogens (primary N) is 1. The number of hydrogen-bond donors (Lipinski definition) is 1. The Balaban J connectivity index is 1.53. The number of nitrogen functional groups attached to an aromatic ring is 1. The number of hydrogen-bond acceptors (Lipinski definition) is 6. The average Bonchev–Trinajstić information content (AvgIpc) is 3.49. The fourth-order valence-electron chi connectivity index (χ4n) is 4.80. The van der Waals surface area contributed by atoms with Crippen LogP contribution in [0.2, 0.25) is 0 Å². The maximum absolute atomic E-state index is 6.33. The van der Waals surface area contributed by atoms with E-state index in [1.165, 1.54) is 24.7 Å². The van der Waals surface area contributed by atoms with E-state index in [0.29, 0.717) is 12.4 Å². The van der Waals surface area contributed by atoms with Crippen molar-refractivity contribution >= 4 is 33.6 Å². The molecule has 0 amide bonds. The maximum Gasteiger partial charge on any atom is 0.164 e. The molecule has 1 aliphatic heterocycles. The van der Waals surface area contributed by atoms with Gasteiger partial charge in [-0.15, -0.1) is 0 Å². The lowest BCUT2D eigenvalue weighted by Gasteiger charge is -2.19. The number of para-hydroxylation sites is 1. The van der Waals surface area contributed by atoms with E-state index in [2.05, 4.69) is 58.2 Å². The Kier molecular flexibility index (Phi) is 4.68. The van der Waals surface area contributed by atoms with Gasteiger partial charge in [-0.3, -0.25) is 0 Å². The molecule has 0 atom stereocenters. The predicted octanol–water partition coefficient (Wildman–Crippen LogP) is 4.58. The van der Waals surface area contributed by atoms with Gasteiger partial charge in [-0.25, -0.2) is 19.6 Å². The van der Waals surface area contributed by atoms with Crippen molar-refractivity contribution in [1.29, 1.82) is 0 Å². The highest BCUT2D eigenvalue weighted by Crippen LogP contribution is 2.33. The van der Waals surface area contributed by atoms with Crippen molar-refractivity contribution in [2.75, 3.05) is 23.7 Å². The highest BCUT2D eigenvalue weighted by Gasteiger charge is 2.20. The highest BCUT2D eigenvalue weighted by atomic mass is 15.3. The molecule has 33 heavy (non-hydrogen) atoms. The second-order valence-corrected chi connectivity index (χ2v) is 8.63. The lowest BCUT2D eigenvalue weighted by molar-refractivity contribution is 0.709. The summed E-state index contributed by atoms with van der Waals surface area (Å²) in [5, 5.41) is 6.94. The largest absolute Gasteiger partial charge is 0.383 e. The smallest absolute Gasteiger partial charge is 0.164 e. The van der Waals surface area contributed by atoms with Crippen LogP contribution < -0.4 is 10.6 Å². The third-order valence-corrected chi connectivity index (χ3v) is 6.50. The number of fused-ring (bicyclic) bond motifs is 2. The predicted molar refractivity (Wildman–Crippen MR) is 132 cm³/mol. The summed E-state index contributed by atoms with van der Waals surface area (Å²) in [6.45, 7) is 4.76. The van der Waals surface area contributed by atoms with Gasteiger partial charge in [0.25, 0.3) is 0 Å². The molecule has 5 aromatic rings. The number of anilines is 2. The maximum atomic E-state index is 6.33. The van der Waals surface area contributed by atoms with Crippen molar-refractivity contribution in [3.05, 3.63) is 72.1 Å². The summed E-state index contributed by atoms with van der Waals surface area (Å²) in [4.78, 5) is 16.2. The summed E-state index contributed by atoms with van der Waals surface area (Å²) in [5.41, 5.74) is 12.2. The molecule has 4 heterocycles. The van der Waals surface area contributed by atoms with Crippen LogP contribution in [0.1, 0.15) is 24.0 Å². The summed E-state index contributed by atoms with van der Waals surface area (Å²) in [7, 11) is 0. The Morgan fingerprint density at radius 2 is 1.76 bits per heavy atom. The van der Waals surface area contributed by atoms with Gasteiger partial charge < -0.3 is 10.6 Å². The fourth-order valence-corrected chi connectivity index (χ4v) is 4.80. The van der Waals surface area contributed by atoms with Gasteiger partial charge in [0, 0.05) is 24.0 Å². The summed E-state index contributed by atoms with van der Waals surface area (Å²) >= 11 is 0. The quantitative estimate of drug-likeness (QED) is 0.445. The van der Waals surface area contributed by atoms with E-state index in [9.17, 15) is 0 Å². The van der Waals surface area contributed by atoms with Gasteiger partial charge in [0.15, 0.2) is 5.65 Å². The van der Waals surface area contributed by atoms with E-state index in [4.69, 9.17) is 15.8 Å². The molecule has 0 radical (unpaired) electrons. The SMILES string of the molecule is Cc1ccccc1-c1nn(Cc2cc(N3CCCC3)nc3ccccc23)c2ncnc(N)c12. The minimum atomic E-state index is 0.446. The van der Waals surface area contributed by atoms with Crippen LogP contribution in [0.4, 0.5) is 11.6 Å². The number of nitrogens with zero attached hydrogens (tertiary/aromatic N) is 6. The molecule has 7 heteroatoms. The van der Waals surface area contributed by atoms with Crippen molar-refractivity contribution in [2.24, 2.45) is 0 Å². The van der Waals surface area contributed by atoms with Crippen molar-refractivity contribution < 1.29 is 0 Å². The van der Waals surface area contributed by atoms with Gasteiger partial charge in [-0.05, 0) is 43.0 Å². The molecule has 0 saturated carbocycles. The van der Waals surface area contributed by atoms with Gasteiger partial charge >= 0.3 is 0 Å². The second-order valence-electron chi connectivity index (χ2n) is 8.63. The molecule has 1 saturated heterocycles. The van der Waals surface area contributed by atoms with Crippen LogP contribution >= 0.6 is 0 Å². The Morgan fingerprint density at radius 3 is 2.61 bits per heavy atom. The molecule has 6 rings (SSSR count). The van der Waals surface area contributed by atoms with Crippen molar-refractivity contribution in [1.82, 2.24) is 24.7 Å². The molecule has 1 aliphatic rings. The van der Waals surface area contributed by atoms with Crippen LogP contribution in [0.15, 0.2) is 60.9 Å². The van der Waals surface area contributed by atoms with Gasteiger partial charge in [0.1, 0.15) is 23.7 Å². The Morgan fingerprint density at radius 1 is 0.970 bits per heavy atom. The highest BCUT2D eigenvalue weighted by molar-refractivity contribution is 5.99. The zero-order valence-electron chi connectivity index (χ0n) is 18.6. The van der Waals surface area contributed by atoms with Gasteiger partial charge in [0.05, 0.1) is 17.4 Å². The lowest BCUT2D eigenvalue weighted by atomic mass is 10.0. The number of aromatic nitrogens is 5. The molecule has 7 nitrogen and oxygen atoms in total. The van der Waals surface area contributed by atoms with Gasteiger partial charge in [-0.1, -0.05) is 42.5 Å². The monoisotopic (exact) mass is 435 g/mol. The Labute approximate surface area is 191 Å². The molecule has 2 N–H and O–H groups in total. The van der Waals surface area contributed by atoms with Crippen LogP contribution in [-0.4, -0.2) is 37.8 Å². The summed E-state index contributed by atoms with van der Waals surface area (Å²) < 4.78 is 1.95. The zero-order chi connectivity index (χ0) is 22.4. The molecule has 0 aliphatic carbocycles. The van der Waals surface area contributed by atoms with E-state index >= 15 is 0 Å². The number of benzene rings is 2. The van der Waals surface area contributed by atoms with E-state index in [0.717, 1.165) is 57.7 Å². The standard InChI is InChI=1S/C26H25N7/c1-17-8-2-3-9-19(17)24-23-25(27)28-16-29-26(23)33(31-24)15-18-14-22(32-12-6-7-13-32)30-21-11-5-4-10-20(18)21/h2-5,8-11,14,16H,6-7,12-13,15H2,1H3,(H2,27,28,29). The minimum absolute atomic E-state index is 0.446. The van der Waals surface area contributed by atoms with Crippen LogP contribution in [0.5, 0.6) is 0 Å². The Hall–Kier alpha value is -4.00. The van der Waals surface area contributed by atoms with Crippen LogP contribution in [0.25, 0.3) is 33.2 Å². The number of pyridine rings is 1. The molecule has 0 bridgehead atoms. The molecule has 0 unspecified atom stereocenters. The third-order valence-electron chi connectivity index (χ3n) is 6.50. The first kappa shape index (κ1) is 19.7. The van der Waals surface area contributed by atoms with Crippen LogP contribution in [0, 0.1) is 6.92 Å². The van der Waals surface area contributed by atoms with Crippen LogP contribution in [-0.2, 0) is 6.54 Å². The lowest BCUT2D eigenvalue weighted by Crippen LogP contribution is -2.19. The molecule has 0 spiro atoms. The van der Waals surface area contributed by atoms with E-state index < -0.39 is 0 Å². The Bertz CT molecular complexity index is 1480. The average molecular weight is 436 g/mol. The minimum Gasteiger partial charge on any atom is -0.383 e. The van der Waals surface area contributed by atoms with Gasteiger partial charge in [0.2, 0.25) is 0 Å². The molecule has 2 aromatic carbocycles. The number of aryl methyl sites for hydroxylation is 1. The second kappa shape index (κ2) is 7.85. The van der Waals surface area contributed by atoms with Crippen molar-refractivity contribution in [3.63, 3.8) is 0 Å².